The van der Waals surface area contributed by atoms with Crippen LogP contribution in [-0.2, 0) is 0 Å². The molecular weight excluding hydrogens is 300 g/mol. The quantitative estimate of drug-likeness (QED) is 0.653. The molecule has 0 atom stereocenters. The van der Waals surface area contributed by atoms with E-state index < -0.39 is 0 Å². The second-order valence-corrected chi connectivity index (χ2v) is 4.67. The molecule has 0 heterocycles. The van der Waals surface area contributed by atoms with Gasteiger partial charge in [-0.05, 0) is 45.8 Å². The van der Waals surface area contributed by atoms with Gasteiger partial charge in [-0.2, -0.15) is 5.10 Å². The second kappa shape index (κ2) is 5.84. The average molecular weight is 310 g/mol. The molecule has 2 aromatic carbocycles. The molecule has 4 heteroatoms. The van der Waals surface area contributed by atoms with Crippen LogP contribution >= 0.6 is 27.5 Å². The fraction of sp³-hybridized carbons (Fsp3) is 0. The lowest BCUT2D eigenvalue weighted by atomic mass is 10.2. The van der Waals surface area contributed by atoms with Gasteiger partial charge in [-0.3, -0.25) is 5.43 Å². The number of hydrazone groups is 1. The molecule has 2 rings (SSSR count). The van der Waals surface area contributed by atoms with Crippen LogP contribution in [0.4, 0.5) is 5.69 Å². The van der Waals surface area contributed by atoms with E-state index in [9.17, 15) is 0 Å². The van der Waals surface area contributed by atoms with Gasteiger partial charge < -0.3 is 0 Å². The first-order valence-electron chi connectivity index (χ1n) is 5.05. The number of para-hydroxylation sites is 1. The predicted molar refractivity (Wildman–Crippen MR) is 76.8 cm³/mol. The van der Waals surface area contributed by atoms with Gasteiger partial charge in [0.25, 0.3) is 0 Å². The lowest BCUT2D eigenvalue weighted by molar-refractivity contribution is 1.35. The van der Waals surface area contributed by atoms with Crippen LogP contribution in [0.5, 0.6) is 0 Å². The zero-order valence-corrected chi connectivity index (χ0v) is 11.2. The van der Waals surface area contributed by atoms with Crippen LogP contribution in [-0.4, -0.2) is 6.21 Å². The first-order valence-corrected chi connectivity index (χ1v) is 6.22. The average Bonchev–Trinajstić information content (AvgIpc) is 2.35. The summed E-state index contributed by atoms with van der Waals surface area (Å²) < 4.78 is 0.882. The molecule has 0 saturated heterocycles. The highest BCUT2D eigenvalue weighted by molar-refractivity contribution is 9.10. The van der Waals surface area contributed by atoms with Gasteiger partial charge >= 0.3 is 0 Å². The normalized spacial score (nSPS) is 10.7. The monoisotopic (exact) mass is 308 g/mol. The van der Waals surface area contributed by atoms with Gasteiger partial charge in [-0.15, -0.1) is 0 Å². The van der Waals surface area contributed by atoms with Crippen LogP contribution in [0.15, 0.2) is 58.1 Å². The Morgan fingerprint density at radius 2 is 1.88 bits per heavy atom. The maximum absolute atomic E-state index is 5.98. The maximum atomic E-state index is 5.98. The van der Waals surface area contributed by atoms with Crippen molar-refractivity contribution in [3.8, 4) is 0 Å². The minimum absolute atomic E-state index is 0.675. The van der Waals surface area contributed by atoms with Gasteiger partial charge in [-0.25, -0.2) is 0 Å². The number of benzene rings is 2. The summed E-state index contributed by atoms with van der Waals surface area (Å²) in [6.07, 6.45) is 1.73. The predicted octanol–water partition coefficient (Wildman–Crippen LogP) is 4.55. The Kier molecular flexibility index (Phi) is 4.18. The van der Waals surface area contributed by atoms with Crippen molar-refractivity contribution in [2.45, 2.75) is 0 Å². The molecule has 0 saturated carbocycles. The van der Waals surface area contributed by atoms with Crippen LogP contribution in [0, 0.1) is 0 Å². The summed E-state index contributed by atoms with van der Waals surface area (Å²) >= 11 is 9.32. The Hall–Kier alpha value is -1.32. The summed E-state index contributed by atoms with van der Waals surface area (Å²) in [7, 11) is 0. The molecule has 17 heavy (non-hydrogen) atoms. The van der Waals surface area contributed by atoms with E-state index in [1.165, 1.54) is 0 Å². The number of halogens is 2. The number of hydrogen-bond acceptors (Lipinski definition) is 2. The third-order valence-electron chi connectivity index (χ3n) is 2.12. The number of anilines is 1. The van der Waals surface area contributed by atoms with Crippen LogP contribution in [0.2, 0.25) is 5.02 Å². The number of rotatable bonds is 3. The number of hydrogen-bond donors (Lipinski definition) is 1. The molecular formula is C13H10BrClN2. The SMILES string of the molecule is Clc1cc(C=NNc2ccccc2)ccc1Br. The van der Waals surface area contributed by atoms with E-state index in [1.54, 1.807) is 6.21 Å². The molecule has 0 aliphatic carbocycles. The van der Waals surface area contributed by atoms with Crippen molar-refractivity contribution in [3.63, 3.8) is 0 Å². The highest BCUT2D eigenvalue weighted by atomic mass is 79.9. The molecule has 86 valence electrons. The number of nitrogens with one attached hydrogen (secondary N) is 1. The second-order valence-electron chi connectivity index (χ2n) is 3.41. The molecule has 0 bridgehead atoms. The summed E-state index contributed by atoms with van der Waals surface area (Å²) in [5, 5.41) is 4.81. The van der Waals surface area contributed by atoms with E-state index in [2.05, 4.69) is 26.5 Å². The Balaban J connectivity index is 2.03. The highest BCUT2D eigenvalue weighted by Crippen LogP contribution is 2.22. The van der Waals surface area contributed by atoms with Gasteiger partial charge in [0.15, 0.2) is 0 Å². The Morgan fingerprint density at radius 3 is 2.59 bits per heavy atom. The van der Waals surface area contributed by atoms with E-state index in [0.29, 0.717) is 5.02 Å². The van der Waals surface area contributed by atoms with Crippen molar-refractivity contribution >= 4 is 39.4 Å². The van der Waals surface area contributed by atoms with Gasteiger partial charge in [0.1, 0.15) is 0 Å². The molecule has 2 aromatic rings. The smallest absolute Gasteiger partial charge is 0.0561 e. The van der Waals surface area contributed by atoms with E-state index in [-0.39, 0.29) is 0 Å². The van der Waals surface area contributed by atoms with Gasteiger partial charge in [0.05, 0.1) is 16.9 Å². The van der Waals surface area contributed by atoms with E-state index in [1.807, 2.05) is 48.5 Å². The molecule has 0 aromatic heterocycles. The lowest BCUT2D eigenvalue weighted by Gasteiger charge is -1.99. The molecule has 0 fully saturated rings. The van der Waals surface area contributed by atoms with Crippen LogP contribution < -0.4 is 5.43 Å². The van der Waals surface area contributed by atoms with E-state index in [4.69, 9.17) is 11.6 Å². The third kappa shape index (κ3) is 3.58. The van der Waals surface area contributed by atoms with Crippen molar-refractivity contribution in [2.24, 2.45) is 5.10 Å². The Labute approximate surface area is 113 Å². The molecule has 0 spiro atoms. The summed E-state index contributed by atoms with van der Waals surface area (Å²) in [5.41, 5.74) is 4.84. The van der Waals surface area contributed by atoms with Crippen molar-refractivity contribution in [2.75, 3.05) is 5.43 Å². The van der Waals surface area contributed by atoms with E-state index in [0.717, 1.165) is 15.7 Å². The van der Waals surface area contributed by atoms with E-state index >= 15 is 0 Å². The third-order valence-corrected chi connectivity index (χ3v) is 3.36. The largest absolute Gasteiger partial charge is 0.279 e. The zero-order chi connectivity index (χ0) is 12.1. The van der Waals surface area contributed by atoms with Crippen LogP contribution in [0.3, 0.4) is 0 Å². The zero-order valence-electron chi connectivity index (χ0n) is 8.90. The van der Waals surface area contributed by atoms with Gasteiger partial charge in [0.2, 0.25) is 0 Å². The maximum Gasteiger partial charge on any atom is 0.0561 e. The molecule has 0 radical (unpaired) electrons. The topological polar surface area (TPSA) is 24.4 Å². The molecule has 1 N–H and O–H groups in total. The molecule has 0 aliphatic rings. The van der Waals surface area contributed by atoms with Gasteiger partial charge in [-0.1, -0.05) is 35.9 Å². The summed E-state index contributed by atoms with van der Waals surface area (Å²) in [5.74, 6) is 0. The Bertz CT molecular complexity index is 526. The lowest BCUT2D eigenvalue weighted by Crippen LogP contribution is -1.90. The van der Waals surface area contributed by atoms with Crippen LogP contribution in [0.1, 0.15) is 5.56 Å². The molecule has 0 amide bonds. The summed E-state index contributed by atoms with van der Waals surface area (Å²) in [6.45, 7) is 0. The highest BCUT2D eigenvalue weighted by Gasteiger charge is 1.96. The minimum atomic E-state index is 0.675. The van der Waals surface area contributed by atoms with Crippen molar-refractivity contribution in [1.82, 2.24) is 0 Å². The van der Waals surface area contributed by atoms with Crippen LogP contribution in [0.25, 0.3) is 0 Å². The minimum Gasteiger partial charge on any atom is -0.279 e. The first kappa shape index (κ1) is 12.1. The molecule has 0 aliphatic heterocycles. The molecule has 2 nitrogen and oxygen atoms in total. The standard InChI is InChI=1S/C13H10BrClN2/c14-12-7-6-10(8-13(12)15)9-16-17-11-4-2-1-3-5-11/h1-9,17H. The fourth-order valence-electron chi connectivity index (χ4n) is 1.29. The van der Waals surface area contributed by atoms with Crippen molar-refractivity contribution in [3.05, 3.63) is 63.6 Å². The van der Waals surface area contributed by atoms with Crippen molar-refractivity contribution < 1.29 is 0 Å². The first-order chi connectivity index (χ1) is 8.25. The summed E-state index contributed by atoms with van der Waals surface area (Å²) in [6, 6.07) is 15.4. The number of nitrogens with zero attached hydrogens (tertiary/aromatic N) is 1. The summed E-state index contributed by atoms with van der Waals surface area (Å²) in [4.78, 5) is 0. The van der Waals surface area contributed by atoms with Gasteiger partial charge in [0, 0.05) is 4.47 Å². The van der Waals surface area contributed by atoms with Crippen molar-refractivity contribution in [1.29, 1.82) is 0 Å². The molecule has 0 unspecified atom stereocenters. The fourth-order valence-corrected chi connectivity index (χ4v) is 1.72. The Morgan fingerprint density at radius 1 is 1.12 bits per heavy atom.